The predicted molar refractivity (Wildman–Crippen MR) is 102 cm³/mol. The van der Waals surface area contributed by atoms with Crippen LogP contribution in [0.2, 0.25) is 0 Å². The van der Waals surface area contributed by atoms with Gasteiger partial charge >= 0.3 is 0 Å². The second-order valence-electron chi connectivity index (χ2n) is 6.43. The standard InChI is InChI=1S/C20H21FN2OS/c1-14-2-4-15(5-3-14)19(24)16-10-12-23(13-11-16)20(25)22-18-8-6-17(21)7-9-18/h2-9,16H,10-13H2,1H3,(H,22,25). The molecule has 1 aliphatic heterocycles. The number of aryl methyl sites for hydroxylation is 1. The summed E-state index contributed by atoms with van der Waals surface area (Å²) >= 11 is 5.44. The lowest BCUT2D eigenvalue weighted by molar-refractivity contribution is 0.0873. The van der Waals surface area contributed by atoms with Crippen molar-refractivity contribution in [3.63, 3.8) is 0 Å². The fraction of sp³-hybridized carbons (Fsp3) is 0.300. The molecule has 2 aromatic rings. The molecule has 0 bridgehead atoms. The second-order valence-corrected chi connectivity index (χ2v) is 6.82. The molecule has 0 saturated carbocycles. The normalized spacial score (nSPS) is 15.0. The highest BCUT2D eigenvalue weighted by Gasteiger charge is 2.26. The fourth-order valence-electron chi connectivity index (χ4n) is 3.03. The van der Waals surface area contributed by atoms with Gasteiger partial charge in [-0.05, 0) is 56.2 Å². The Bertz CT molecular complexity index is 750. The third-order valence-corrected chi connectivity index (χ3v) is 4.94. The van der Waals surface area contributed by atoms with Crippen LogP contribution in [0.3, 0.4) is 0 Å². The number of carbonyl (C=O) groups excluding carboxylic acids is 1. The summed E-state index contributed by atoms with van der Waals surface area (Å²) in [6.07, 6.45) is 1.58. The molecule has 1 saturated heterocycles. The Morgan fingerprint density at radius 1 is 1.08 bits per heavy atom. The average Bonchev–Trinajstić information content (AvgIpc) is 2.64. The van der Waals surface area contributed by atoms with Crippen molar-refractivity contribution in [1.82, 2.24) is 4.90 Å². The zero-order chi connectivity index (χ0) is 17.8. The molecule has 1 N–H and O–H groups in total. The number of halogens is 1. The largest absolute Gasteiger partial charge is 0.349 e. The van der Waals surface area contributed by atoms with E-state index in [4.69, 9.17) is 12.2 Å². The molecular weight excluding hydrogens is 335 g/mol. The molecular formula is C20H21FN2OS. The van der Waals surface area contributed by atoms with Crippen molar-refractivity contribution in [2.24, 2.45) is 5.92 Å². The first kappa shape index (κ1) is 17.5. The topological polar surface area (TPSA) is 32.3 Å². The first-order chi connectivity index (χ1) is 12.0. The maximum atomic E-state index is 13.0. The third kappa shape index (κ3) is 4.42. The smallest absolute Gasteiger partial charge is 0.173 e. The fourth-order valence-corrected chi connectivity index (χ4v) is 3.33. The van der Waals surface area contributed by atoms with Gasteiger partial charge in [-0.1, -0.05) is 29.8 Å². The molecule has 0 unspecified atom stereocenters. The van der Waals surface area contributed by atoms with Gasteiger partial charge in [-0.15, -0.1) is 0 Å². The van der Waals surface area contributed by atoms with Gasteiger partial charge < -0.3 is 10.2 Å². The number of Topliss-reactive ketones (excluding diaryl/α,β-unsaturated/α-hetero) is 1. The highest BCUT2D eigenvalue weighted by molar-refractivity contribution is 7.80. The number of nitrogens with one attached hydrogen (secondary N) is 1. The number of anilines is 1. The molecule has 1 heterocycles. The molecule has 0 amide bonds. The minimum Gasteiger partial charge on any atom is -0.349 e. The summed E-state index contributed by atoms with van der Waals surface area (Å²) in [7, 11) is 0. The molecule has 3 nitrogen and oxygen atoms in total. The number of hydrogen-bond donors (Lipinski definition) is 1. The molecule has 0 aromatic heterocycles. The molecule has 1 fully saturated rings. The number of ketones is 1. The Kier molecular flexibility index (Phi) is 5.43. The number of rotatable bonds is 3. The Morgan fingerprint density at radius 2 is 1.68 bits per heavy atom. The highest BCUT2D eigenvalue weighted by atomic mass is 32.1. The minimum atomic E-state index is -0.271. The van der Waals surface area contributed by atoms with Crippen LogP contribution in [0, 0.1) is 18.7 Å². The maximum Gasteiger partial charge on any atom is 0.173 e. The lowest BCUT2D eigenvalue weighted by Crippen LogP contribution is -2.42. The van der Waals surface area contributed by atoms with Gasteiger partial charge in [-0.25, -0.2) is 4.39 Å². The summed E-state index contributed by atoms with van der Waals surface area (Å²) in [6, 6.07) is 13.9. The molecule has 1 aliphatic rings. The van der Waals surface area contributed by atoms with Crippen LogP contribution >= 0.6 is 12.2 Å². The number of hydrogen-bond acceptors (Lipinski definition) is 2. The number of likely N-dealkylation sites (tertiary alicyclic amines) is 1. The van der Waals surface area contributed by atoms with Gasteiger partial charge in [0.2, 0.25) is 0 Å². The van der Waals surface area contributed by atoms with E-state index in [1.54, 1.807) is 12.1 Å². The summed E-state index contributed by atoms with van der Waals surface area (Å²) in [5.41, 5.74) is 2.71. The van der Waals surface area contributed by atoms with E-state index in [9.17, 15) is 9.18 Å². The van der Waals surface area contributed by atoms with Crippen LogP contribution in [0.1, 0.15) is 28.8 Å². The van der Waals surface area contributed by atoms with Gasteiger partial charge in [0.1, 0.15) is 5.82 Å². The molecule has 3 rings (SSSR count). The first-order valence-corrected chi connectivity index (χ1v) is 8.86. The molecule has 25 heavy (non-hydrogen) atoms. The summed E-state index contributed by atoms with van der Waals surface area (Å²) in [5.74, 6) is -0.00320. The van der Waals surface area contributed by atoms with Crippen LogP contribution in [0.25, 0.3) is 0 Å². The van der Waals surface area contributed by atoms with Gasteiger partial charge in [0.05, 0.1) is 0 Å². The molecule has 0 spiro atoms. The van der Waals surface area contributed by atoms with Crippen molar-refractivity contribution in [2.75, 3.05) is 18.4 Å². The maximum absolute atomic E-state index is 13.0. The van der Waals surface area contributed by atoms with E-state index in [1.807, 2.05) is 31.2 Å². The Hall–Kier alpha value is -2.27. The molecule has 130 valence electrons. The molecule has 2 aromatic carbocycles. The summed E-state index contributed by atoms with van der Waals surface area (Å²) in [5, 5.41) is 3.74. The third-order valence-electron chi connectivity index (χ3n) is 4.58. The van der Waals surface area contributed by atoms with Gasteiger partial charge in [0, 0.05) is 30.3 Å². The number of benzene rings is 2. The van der Waals surface area contributed by atoms with Gasteiger partial charge in [-0.2, -0.15) is 0 Å². The Labute approximate surface area is 152 Å². The molecule has 0 radical (unpaired) electrons. The van der Waals surface area contributed by atoms with Crippen molar-refractivity contribution >= 4 is 28.8 Å². The zero-order valence-corrected chi connectivity index (χ0v) is 15.0. The van der Waals surface area contributed by atoms with Crippen LogP contribution in [-0.2, 0) is 0 Å². The zero-order valence-electron chi connectivity index (χ0n) is 14.2. The molecule has 0 atom stereocenters. The lowest BCUT2D eigenvalue weighted by Gasteiger charge is -2.33. The average molecular weight is 356 g/mol. The van der Waals surface area contributed by atoms with E-state index in [0.717, 1.165) is 42.7 Å². The van der Waals surface area contributed by atoms with Crippen LogP contribution in [0.4, 0.5) is 10.1 Å². The monoisotopic (exact) mass is 356 g/mol. The van der Waals surface area contributed by atoms with Crippen molar-refractivity contribution in [1.29, 1.82) is 0 Å². The summed E-state index contributed by atoms with van der Waals surface area (Å²) in [4.78, 5) is 14.7. The van der Waals surface area contributed by atoms with Crippen molar-refractivity contribution in [3.05, 3.63) is 65.5 Å². The van der Waals surface area contributed by atoms with E-state index in [2.05, 4.69) is 10.2 Å². The molecule has 0 aliphatic carbocycles. The van der Waals surface area contributed by atoms with E-state index in [-0.39, 0.29) is 17.5 Å². The van der Waals surface area contributed by atoms with Crippen LogP contribution in [0.15, 0.2) is 48.5 Å². The van der Waals surface area contributed by atoms with Crippen molar-refractivity contribution < 1.29 is 9.18 Å². The van der Waals surface area contributed by atoms with Gasteiger partial charge in [-0.3, -0.25) is 4.79 Å². The number of carbonyl (C=O) groups is 1. The molecule has 5 heteroatoms. The SMILES string of the molecule is Cc1ccc(C(=O)C2CCN(C(=S)Nc3ccc(F)cc3)CC2)cc1. The second kappa shape index (κ2) is 7.74. The van der Waals surface area contributed by atoms with Crippen LogP contribution in [-0.4, -0.2) is 28.9 Å². The first-order valence-electron chi connectivity index (χ1n) is 8.45. The van der Waals surface area contributed by atoms with Crippen molar-refractivity contribution in [3.8, 4) is 0 Å². The highest BCUT2D eigenvalue weighted by Crippen LogP contribution is 2.23. The van der Waals surface area contributed by atoms with Gasteiger partial charge in [0.25, 0.3) is 0 Å². The number of nitrogens with zero attached hydrogens (tertiary/aromatic N) is 1. The van der Waals surface area contributed by atoms with E-state index in [0.29, 0.717) is 5.11 Å². The Morgan fingerprint density at radius 3 is 2.28 bits per heavy atom. The van der Waals surface area contributed by atoms with E-state index in [1.165, 1.54) is 12.1 Å². The van der Waals surface area contributed by atoms with Crippen molar-refractivity contribution in [2.45, 2.75) is 19.8 Å². The quantitative estimate of drug-likeness (QED) is 0.651. The minimum absolute atomic E-state index is 0.0487. The predicted octanol–water partition coefficient (Wildman–Crippen LogP) is 4.43. The lowest BCUT2D eigenvalue weighted by atomic mass is 9.89. The summed E-state index contributed by atoms with van der Waals surface area (Å²) in [6.45, 7) is 3.51. The summed E-state index contributed by atoms with van der Waals surface area (Å²) < 4.78 is 13.0. The Balaban J connectivity index is 1.54. The van der Waals surface area contributed by atoms with Gasteiger partial charge in [0.15, 0.2) is 10.9 Å². The number of piperidine rings is 1. The van der Waals surface area contributed by atoms with E-state index < -0.39 is 0 Å². The van der Waals surface area contributed by atoms with E-state index >= 15 is 0 Å². The number of thiocarbonyl (C=S) groups is 1. The van der Waals surface area contributed by atoms with Crippen LogP contribution < -0.4 is 5.32 Å². The van der Waals surface area contributed by atoms with Crippen LogP contribution in [0.5, 0.6) is 0 Å².